The van der Waals surface area contributed by atoms with E-state index < -0.39 is 0 Å². The Morgan fingerprint density at radius 2 is 1.68 bits per heavy atom. The number of esters is 1. The Labute approximate surface area is 236 Å². The van der Waals surface area contributed by atoms with Crippen molar-refractivity contribution in [2.45, 2.75) is 163 Å². The number of carbonyl (C=O) groups is 1. The molecule has 8 atom stereocenters. The number of allylic oxidation sites excluding steroid dienone is 1. The predicted octanol–water partition coefficient (Wildman–Crippen LogP) is 10.7. The van der Waals surface area contributed by atoms with Crippen molar-refractivity contribution >= 4 is 5.97 Å². The van der Waals surface area contributed by atoms with Crippen molar-refractivity contribution in [1.29, 1.82) is 0 Å². The minimum absolute atomic E-state index is 0.0522. The van der Waals surface area contributed by atoms with Crippen LogP contribution >= 0.6 is 0 Å². The maximum Gasteiger partial charge on any atom is 0.306 e. The van der Waals surface area contributed by atoms with E-state index in [0.717, 1.165) is 54.8 Å². The van der Waals surface area contributed by atoms with Crippen LogP contribution in [0.15, 0.2) is 11.6 Å². The Morgan fingerprint density at radius 1 is 0.921 bits per heavy atom. The van der Waals surface area contributed by atoms with Crippen molar-refractivity contribution in [2.75, 3.05) is 0 Å². The fourth-order valence-electron chi connectivity index (χ4n) is 10.0. The quantitative estimate of drug-likeness (QED) is 0.135. The molecule has 38 heavy (non-hydrogen) atoms. The summed E-state index contributed by atoms with van der Waals surface area (Å²) in [6.07, 6.45) is 25.3. The number of carbonyl (C=O) groups excluding carboxylic acids is 1. The van der Waals surface area contributed by atoms with Crippen LogP contribution in [-0.4, -0.2) is 12.1 Å². The molecule has 3 fully saturated rings. The van der Waals surface area contributed by atoms with E-state index in [1.54, 1.807) is 5.57 Å². The van der Waals surface area contributed by atoms with Crippen molar-refractivity contribution in [3.8, 4) is 0 Å². The standard InChI is InChI=1S/C36H62O2/c1-7-8-9-10-11-12-16-34(37)38-29-21-23-35(5)28(25-29)17-18-30-32-20-19-31(27(4)15-13-14-26(2)3)36(32,6)24-22-33(30)35/h17,26-27,29-33H,7-16,18-25H2,1-6H3/t27-,29+,30-,31+,32-,33-,35+,36-/m1/s1. The third kappa shape index (κ3) is 6.57. The van der Waals surface area contributed by atoms with Crippen molar-refractivity contribution in [3.63, 3.8) is 0 Å². The van der Waals surface area contributed by atoms with Gasteiger partial charge in [-0.1, -0.05) is 105 Å². The van der Waals surface area contributed by atoms with Gasteiger partial charge in [-0.15, -0.1) is 0 Å². The molecule has 2 nitrogen and oxygen atoms in total. The van der Waals surface area contributed by atoms with E-state index in [4.69, 9.17) is 4.74 Å². The van der Waals surface area contributed by atoms with Gasteiger partial charge in [-0.25, -0.2) is 0 Å². The topological polar surface area (TPSA) is 26.3 Å². The summed E-state index contributed by atoms with van der Waals surface area (Å²) in [5.74, 6) is 5.34. The molecule has 3 saturated carbocycles. The summed E-state index contributed by atoms with van der Waals surface area (Å²) in [6.45, 7) is 14.9. The van der Waals surface area contributed by atoms with Crippen LogP contribution in [0.3, 0.4) is 0 Å². The molecule has 0 heterocycles. The van der Waals surface area contributed by atoms with Gasteiger partial charge in [0.1, 0.15) is 6.10 Å². The molecule has 0 unspecified atom stereocenters. The molecule has 0 amide bonds. The lowest BCUT2D eigenvalue weighted by Crippen LogP contribution is -2.51. The number of hydrogen-bond acceptors (Lipinski definition) is 2. The lowest BCUT2D eigenvalue weighted by Gasteiger charge is -2.58. The molecular weight excluding hydrogens is 464 g/mol. The monoisotopic (exact) mass is 526 g/mol. The van der Waals surface area contributed by atoms with E-state index in [1.807, 2.05) is 0 Å². The van der Waals surface area contributed by atoms with E-state index in [-0.39, 0.29) is 12.1 Å². The minimum atomic E-state index is 0.0522. The summed E-state index contributed by atoms with van der Waals surface area (Å²) in [5, 5.41) is 0. The van der Waals surface area contributed by atoms with Gasteiger partial charge in [0, 0.05) is 12.8 Å². The zero-order chi connectivity index (χ0) is 27.3. The smallest absolute Gasteiger partial charge is 0.306 e. The maximum absolute atomic E-state index is 12.6. The number of unbranched alkanes of at least 4 members (excludes halogenated alkanes) is 5. The van der Waals surface area contributed by atoms with Gasteiger partial charge in [0.2, 0.25) is 0 Å². The highest BCUT2D eigenvalue weighted by Crippen LogP contribution is 2.67. The van der Waals surface area contributed by atoms with Crippen LogP contribution < -0.4 is 0 Å². The second-order valence-corrected chi connectivity index (χ2v) is 15.2. The molecule has 0 spiro atoms. The SMILES string of the molecule is CCCCCCCCC(=O)O[C@H]1CC[C@@]2(C)C(=CC[C@@H]3[C@H]4CC[C@@H]([C@H](C)CCCC(C)C)[C@@]4(C)CC[C@H]32)C1. The van der Waals surface area contributed by atoms with Crippen molar-refractivity contribution < 1.29 is 9.53 Å². The highest BCUT2D eigenvalue weighted by Gasteiger charge is 2.59. The molecule has 2 heteroatoms. The minimum Gasteiger partial charge on any atom is -0.462 e. The first-order chi connectivity index (χ1) is 18.2. The number of hydrogen-bond donors (Lipinski definition) is 0. The molecule has 0 aliphatic heterocycles. The van der Waals surface area contributed by atoms with Gasteiger partial charge in [0.15, 0.2) is 0 Å². The Bertz CT molecular complexity index is 797. The van der Waals surface area contributed by atoms with Gasteiger partial charge in [-0.05, 0) is 97.7 Å². The second kappa shape index (κ2) is 13.2. The van der Waals surface area contributed by atoms with Crippen molar-refractivity contribution in [3.05, 3.63) is 11.6 Å². The second-order valence-electron chi connectivity index (χ2n) is 15.2. The largest absolute Gasteiger partial charge is 0.462 e. The van der Waals surface area contributed by atoms with Crippen LogP contribution in [0.4, 0.5) is 0 Å². The van der Waals surface area contributed by atoms with Crippen LogP contribution in [0.2, 0.25) is 0 Å². The lowest BCUT2D eigenvalue weighted by molar-refractivity contribution is -0.151. The molecular formula is C36H62O2. The zero-order valence-corrected chi connectivity index (χ0v) is 26.2. The van der Waals surface area contributed by atoms with Crippen LogP contribution in [0.25, 0.3) is 0 Å². The molecule has 0 aromatic heterocycles. The molecule has 0 bridgehead atoms. The van der Waals surface area contributed by atoms with Crippen LogP contribution in [0.1, 0.15) is 157 Å². The first kappa shape index (κ1) is 30.2. The van der Waals surface area contributed by atoms with E-state index in [2.05, 4.69) is 47.6 Å². The Kier molecular flexibility index (Phi) is 10.5. The summed E-state index contributed by atoms with van der Waals surface area (Å²) in [5.41, 5.74) is 2.54. The van der Waals surface area contributed by atoms with Crippen LogP contribution in [0, 0.1) is 46.3 Å². The molecule has 0 N–H and O–H groups in total. The summed E-state index contributed by atoms with van der Waals surface area (Å²) < 4.78 is 6.04. The van der Waals surface area contributed by atoms with E-state index in [0.29, 0.717) is 17.3 Å². The maximum atomic E-state index is 12.6. The first-order valence-electron chi connectivity index (χ1n) is 17.1. The van der Waals surface area contributed by atoms with Gasteiger partial charge < -0.3 is 4.74 Å². The van der Waals surface area contributed by atoms with E-state index in [9.17, 15) is 4.79 Å². The molecule has 0 aromatic carbocycles. The highest BCUT2D eigenvalue weighted by atomic mass is 16.5. The highest BCUT2D eigenvalue weighted by molar-refractivity contribution is 5.69. The van der Waals surface area contributed by atoms with Crippen LogP contribution in [0.5, 0.6) is 0 Å². The van der Waals surface area contributed by atoms with Crippen molar-refractivity contribution in [2.24, 2.45) is 46.3 Å². The van der Waals surface area contributed by atoms with E-state index in [1.165, 1.54) is 89.9 Å². The fraction of sp³-hybridized carbons (Fsp3) is 0.917. The van der Waals surface area contributed by atoms with Crippen LogP contribution in [-0.2, 0) is 9.53 Å². The molecule has 4 rings (SSSR count). The normalized spacial score (nSPS) is 37.2. The average Bonchev–Trinajstić information content (AvgIpc) is 3.23. The third-order valence-corrected chi connectivity index (χ3v) is 12.3. The molecule has 218 valence electrons. The summed E-state index contributed by atoms with van der Waals surface area (Å²) in [6, 6.07) is 0. The van der Waals surface area contributed by atoms with Gasteiger partial charge in [-0.3, -0.25) is 4.79 Å². The predicted molar refractivity (Wildman–Crippen MR) is 161 cm³/mol. The Hall–Kier alpha value is -0.790. The third-order valence-electron chi connectivity index (χ3n) is 12.3. The van der Waals surface area contributed by atoms with Gasteiger partial charge in [0.25, 0.3) is 0 Å². The molecule has 0 radical (unpaired) electrons. The van der Waals surface area contributed by atoms with E-state index >= 15 is 0 Å². The molecule has 0 aromatic rings. The summed E-state index contributed by atoms with van der Waals surface area (Å²) in [4.78, 5) is 12.6. The number of ether oxygens (including phenoxy) is 1. The molecule has 4 aliphatic rings. The Balaban J connectivity index is 1.31. The summed E-state index contributed by atoms with van der Waals surface area (Å²) >= 11 is 0. The van der Waals surface area contributed by atoms with Gasteiger partial charge >= 0.3 is 5.97 Å². The molecule has 4 aliphatic carbocycles. The van der Waals surface area contributed by atoms with Crippen molar-refractivity contribution in [1.82, 2.24) is 0 Å². The Morgan fingerprint density at radius 3 is 2.45 bits per heavy atom. The average molecular weight is 527 g/mol. The summed E-state index contributed by atoms with van der Waals surface area (Å²) in [7, 11) is 0. The molecule has 0 saturated heterocycles. The number of rotatable bonds is 13. The lowest BCUT2D eigenvalue weighted by atomic mass is 9.47. The number of fused-ring (bicyclic) bond motifs is 5. The first-order valence-corrected chi connectivity index (χ1v) is 17.1. The van der Waals surface area contributed by atoms with Gasteiger partial charge in [0.05, 0.1) is 0 Å². The zero-order valence-electron chi connectivity index (χ0n) is 26.2. The fourth-order valence-corrected chi connectivity index (χ4v) is 10.0. The van der Waals surface area contributed by atoms with Gasteiger partial charge in [-0.2, -0.15) is 0 Å².